The van der Waals surface area contributed by atoms with Crippen molar-refractivity contribution < 1.29 is 22.1 Å². The molecule has 7 aromatic heterocycles. The summed E-state index contributed by atoms with van der Waals surface area (Å²) in [6.45, 7) is 0. The van der Waals surface area contributed by atoms with Crippen molar-refractivity contribution in [1.82, 2.24) is 9.55 Å². The van der Waals surface area contributed by atoms with E-state index in [2.05, 4.69) is 252 Å². The number of pyridine rings is 1. The second-order valence-corrected chi connectivity index (χ2v) is 24.7. The minimum absolute atomic E-state index is 0.858. The molecule has 448 valence electrons. The van der Waals surface area contributed by atoms with Gasteiger partial charge in [-0.15, -0.1) is 0 Å². The van der Waals surface area contributed by atoms with E-state index in [1.165, 1.54) is 65.4 Å². The van der Waals surface area contributed by atoms with Crippen molar-refractivity contribution in [3.8, 4) is 39.1 Å². The average Bonchev–Trinajstić information content (AvgIpc) is 1.55. The highest BCUT2D eigenvalue weighted by molar-refractivity contribution is 6.31. The van der Waals surface area contributed by atoms with Gasteiger partial charge in [0.25, 0.3) is 0 Å². The molecule has 0 N–H and O–H groups in total. The predicted molar refractivity (Wildman–Crippen MR) is 397 cm³/mol. The maximum absolute atomic E-state index is 6.71. The molecule has 7 heterocycles. The van der Waals surface area contributed by atoms with E-state index in [9.17, 15) is 0 Å². The topological polar surface area (TPSA) is 83.5 Å². The molecule has 7 heteroatoms. The number of nitrogens with zero attached hydrogens (tertiary/aromatic N) is 2. The highest BCUT2D eigenvalue weighted by Crippen LogP contribution is 2.48. The Labute approximate surface area is 547 Å². The van der Waals surface area contributed by atoms with Crippen LogP contribution < -0.4 is 0 Å². The number of aromatic nitrogens is 2. The normalized spacial score (nSPS) is 12.0. The molecule has 96 heavy (non-hydrogen) atoms. The molecule has 22 aromatic rings. The van der Waals surface area contributed by atoms with Gasteiger partial charge in [0.15, 0.2) is 0 Å². The SMILES string of the molecule is c1ccc(-c2cc3occc3c3c2ccc2c4ccccc4oc23)cc1.c1ccc(-n2c3ccccc3c3ccc4c(-c5ccc6ccccc6c5)cc5c6ccccc6oc5c4c32)cc1.c1ccc2c(c1)ccc1c3ccc4c(-c5ccncc5)cc5ccoc5c4c3oc21. The van der Waals surface area contributed by atoms with E-state index < -0.39 is 0 Å². The summed E-state index contributed by atoms with van der Waals surface area (Å²) in [7, 11) is 0. The van der Waals surface area contributed by atoms with Crippen molar-refractivity contribution in [2.24, 2.45) is 0 Å². The molecule has 0 aliphatic carbocycles. The molecule has 7 nitrogen and oxygen atoms in total. The zero-order chi connectivity index (χ0) is 63.0. The minimum atomic E-state index is 0.858. The number of para-hydroxylation sites is 4. The van der Waals surface area contributed by atoms with Crippen molar-refractivity contribution in [3.05, 3.63) is 316 Å². The van der Waals surface area contributed by atoms with Crippen LogP contribution in [-0.4, -0.2) is 9.55 Å². The monoisotopic (exact) mass is 1230 g/mol. The van der Waals surface area contributed by atoms with Crippen molar-refractivity contribution in [3.63, 3.8) is 0 Å². The van der Waals surface area contributed by atoms with Gasteiger partial charge in [-0.05, 0) is 163 Å². The minimum Gasteiger partial charge on any atom is -0.464 e. The second-order valence-electron chi connectivity index (χ2n) is 24.7. The van der Waals surface area contributed by atoms with Crippen LogP contribution in [0.3, 0.4) is 0 Å². The molecule has 0 saturated heterocycles. The lowest BCUT2D eigenvalue weighted by molar-refractivity contribution is 0.616. The third-order valence-corrected chi connectivity index (χ3v) is 19.5. The molecule has 15 aromatic carbocycles. The number of benzene rings is 15. The first-order valence-electron chi connectivity index (χ1n) is 32.4. The lowest BCUT2D eigenvalue weighted by atomic mass is 9.92. The van der Waals surface area contributed by atoms with E-state index in [0.29, 0.717) is 0 Å². The van der Waals surface area contributed by atoms with E-state index in [1.807, 2.05) is 60.9 Å². The van der Waals surface area contributed by atoms with Crippen LogP contribution in [-0.2, 0) is 0 Å². The molecule has 22 rings (SSSR count). The Balaban J connectivity index is 0.000000101. The third kappa shape index (κ3) is 8.24. The lowest BCUT2D eigenvalue weighted by Gasteiger charge is -2.13. The van der Waals surface area contributed by atoms with Crippen LogP contribution >= 0.6 is 0 Å². The van der Waals surface area contributed by atoms with Gasteiger partial charge in [0.2, 0.25) is 0 Å². The molecule has 0 spiro atoms. The Hall–Kier alpha value is -13.0. The first-order chi connectivity index (χ1) is 47.6. The Bertz CT molecular complexity index is 6890. The fraction of sp³-hybridized carbons (Fsp3) is 0. The fourth-order valence-electron chi connectivity index (χ4n) is 15.2. The van der Waals surface area contributed by atoms with Gasteiger partial charge in [-0.1, -0.05) is 194 Å². The van der Waals surface area contributed by atoms with Gasteiger partial charge in [0.05, 0.1) is 34.3 Å². The van der Waals surface area contributed by atoms with Crippen molar-refractivity contribution in [2.75, 3.05) is 0 Å². The van der Waals surface area contributed by atoms with Gasteiger partial charge >= 0.3 is 0 Å². The largest absolute Gasteiger partial charge is 0.464 e. The first-order valence-corrected chi connectivity index (χ1v) is 32.4. The van der Waals surface area contributed by atoms with Crippen LogP contribution in [0.15, 0.2) is 338 Å². The quantitative estimate of drug-likeness (QED) is 0.175. The van der Waals surface area contributed by atoms with E-state index in [1.54, 1.807) is 12.5 Å². The standard InChI is InChI=1S/C38H23NO.C27H15NO2.C24H14O2/c1-2-12-27(13-3-1)39-34-16-8-6-14-28(34)31-21-20-30-32(26-19-18-24-10-4-5-11-25(24)22-26)23-33-29-15-7-9-17-35(29)40-38(33)36(30)37(31)39;1-2-4-19-16(3-1)5-6-21-22-8-7-20-23(17-9-12-28-13-10-17)15-18-11-14-29-25(18)24(20)27(22)30-26(19)21;1-2-6-15(7-3-1)20-14-22-19(12-13-25-22)23-17(20)10-11-18-16-8-4-5-9-21(16)26-24(18)23/h1-23H;1-15H;1-14H. The Morgan fingerprint density at radius 2 is 0.792 bits per heavy atom. The zero-order valence-electron chi connectivity index (χ0n) is 51.5. The maximum atomic E-state index is 6.71. The second kappa shape index (κ2) is 21.3. The summed E-state index contributed by atoms with van der Waals surface area (Å²) < 4.78 is 33.7. The molecule has 0 fully saturated rings. The summed E-state index contributed by atoms with van der Waals surface area (Å²) in [5.41, 5.74) is 17.7. The number of rotatable bonds is 4. The summed E-state index contributed by atoms with van der Waals surface area (Å²) >= 11 is 0. The molecular weight excluding hydrogens is 1180 g/mol. The van der Waals surface area contributed by atoms with E-state index >= 15 is 0 Å². The molecule has 0 atom stereocenters. The smallest absolute Gasteiger partial charge is 0.147 e. The van der Waals surface area contributed by atoms with E-state index in [4.69, 9.17) is 22.1 Å². The molecule has 0 unspecified atom stereocenters. The maximum Gasteiger partial charge on any atom is 0.147 e. The molecule has 0 aliphatic heterocycles. The van der Waals surface area contributed by atoms with Gasteiger partial charge in [-0.2, -0.15) is 0 Å². The molecular formula is C89H52N2O5. The predicted octanol–water partition coefficient (Wildman–Crippen LogP) is 25.5. The molecule has 0 radical (unpaired) electrons. The van der Waals surface area contributed by atoms with Crippen LogP contribution in [0.25, 0.3) is 202 Å². The molecule has 0 bridgehead atoms. The molecule has 0 saturated carbocycles. The number of fused-ring (bicyclic) bond motifs is 26. The van der Waals surface area contributed by atoms with Crippen molar-refractivity contribution in [1.29, 1.82) is 0 Å². The lowest BCUT2D eigenvalue weighted by Crippen LogP contribution is -1.94. The van der Waals surface area contributed by atoms with Crippen LogP contribution in [0.2, 0.25) is 0 Å². The highest BCUT2D eigenvalue weighted by Gasteiger charge is 2.24. The summed E-state index contributed by atoms with van der Waals surface area (Å²) in [5.74, 6) is 0. The number of furan rings is 5. The Kier molecular flexibility index (Phi) is 11.9. The van der Waals surface area contributed by atoms with Gasteiger partial charge in [-0.3, -0.25) is 4.98 Å². The molecule has 0 amide bonds. The van der Waals surface area contributed by atoms with E-state index in [0.717, 1.165) is 137 Å². The zero-order valence-corrected chi connectivity index (χ0v) is 51.5. The average molecular weight is 1230 g/mol. The van der Waals surface area contributed by atoms with Crippen LogP contribution in [0.4, 0.5) is 0 Å². The van der Waals surface area contributed by atoms with Gasteiger partial charge in [0.1, 0.15) is 44.7 Å². The Morgan fingerprint density at radius 3 is 1.58 bits per heavy atom. The van der Waals surface area contributed by atoms with Gasteiger partial charge in [0, 0.05) is 82.7 Å². The van der Waals surface area contributed by atoms with Gasteiger partial charge in [-0.25, -0.2) is 0 Å². The van der Waals surface area contributed by atoms with Crippen molar-refractivity contribution >= 4 is 163 Å². The first kappa shape index (κ1) is 53.7. The van der Waals surface area contributed by atoms with Crippen LogP contribution in [0.5, 0.6) is 0 Å². The summed E-state index contributed by atoms with van der Waals surface area (Å²) in [6, 6.07) is 102. The highest BCUT2D eigenvalue weighted by atomic mass is 16.3. The van der Waals surface area contributed by atoms with E-state index in [-0.39, 0.29) is 0 Å². The van der Waals surface area contributed by atoms with Crippen molar-refractivity contribution in [2.45, 2.75) is 0 Å². The van der Waals surface area contributed by atoms with Gasteiger partial charge < -0.3 is 26.7 Å². The third-order valence-electron chi connectivity index (χ3n) is 19.5. The summed E-state index contributed by atoms with van der Waals surface area (Å²) in [6.07, 6.45) is 7.15. The number of hydrogen-bond acceptors (Lipinski definition) is 6. The Morgan fingerprint density at radius 1 is 0.250 bits per heavy atom. The number of hydrogen-bond donors (Lipinski definition) is 0. The van der Waals surface area contributed by atoms with Crippen LogP contribution in [0.1, 0.15) is 0 Å². The summed E-state index contributed by atoms with van der Waals surface area (Å²) in [5, 5.41) is 23.0. The molecule has 0 aliphatic rings. The summed E-state index contributed by atoms with van der Waals surface area (Å²) in [4.78, 5) is 4.17. The fourth-order valence-corrected chi connectivity index (χ4v) is 15.2. The van der Waals surface area contributed by atoms with Crippen LogP contribution in [0, 0.1) is 0 Å².